The molecule has 0 aliphatic heterocycles. The van der Waals surface area contributed by atoms with Gasteiger partial charge in [0.1, 0.15) is 35.4 Å². The van der Waals surface area contributed by atoms with Gasteiger partial charge in [-0.25, -0.2) is 17.6 Å². The summed E-state index contributed by atoms with van der Waals surface area (Å²) in [7, 11) is 1.73. The molecule has 232 valence electrons. The van der Waals surface area contributed by atoms with Gasteiger partial charge in [0, 0.05) is 28.5 Å². The average molecular weight is 628 g/mol. The van der Waals surface area contributed by atoms with Crippen LogP contribution in [0.25, 0.3) is 10.8 Å². The first-order valence-corrected chi connectivity index (χ1v) is 14.4. The monoisotopic (exact) mass is 627 g/mol. The summed E-state index contributed by atoms with van der Waals surface area (Å²) in [4.78, 5) is 25.0. The number of ether oxygens (including phenoxy) is 6. The molecular formula is C31H30FNO10S. The summed E-state index contributed by atoms with van der Waals surface area (Å²) < 4.78 is 75.1. The second-order valence-corrected chi connectivity index (χ2v) is 10.9. The number of hydrogen-bond donors (Lipinski definition) is 0. The van der Waals surface area contributed by atoms with Crippen molar-refractivity contribution in [2.24, 2.45) is 0 Å². The highest BCUT2D eigenvalue weighted by Crippen LogP contribution is 2.43. The molecule has 0 amide bonds. The maximum Gasteiger partial charge on any atom is 0.351 e. The van der Waals surface area contributed by atoms with Crippen LogP contribution < -0.4 is 23.3 Å². The Morgan fingerprint density at radius 3 is 1.93 bits per heavy atom. The van der Waals surface area contributed by atoms with E-state index in [1.54, 1.807) is 24.3 Å². The molecule has 0 spiro atoms. The smallest absolute Gasteiger partial charge is 0.351 e. The maximum atomic E-state index is 14.4. The molecule has 0 radical (unpaired) electrons. The zero-order valence-corrected chi connectivity index (χ0v) is 25.3. The van der Waals surface area contributed by atoms with Gasteiger partial charge >= 0.3 is 11.9 Å². The van der Waals surface area contributed by atoms with Crippen LogP contribution in [0.15, 0.2) is 77.7 Å². The van der Waals surface area contributed by atoms with Crippen molar-refractivity contribution < 1.29 is 50.8 Å². The standard InChI is InChI=1S/C31H30FNO10S/c1-38-21-16-26(39-2)30(27(17-21)40-3)44(36,37)33(18-28(34)41-4)24-14-15-25(23-9-7-6-8-22(23)24)43-29(31(35)42-5)19-10-12-20(32)13-11-19/h6-17,29H,18H2,1-5H3. The van der Waals surface area contributed by atoms with Crippen LogP contribution in [-0.4, -0.2) is 62.5 Å². The van der Waals surface area contributed by atoms with Crippen LogP contribution in [0, 0.1) is 5.82 Å². The van der Waals surface area contributed by atoms with Gasteiger partial charge in [-0.15, -0.1) is 0 Å². The predicted molar refractivity (Wildman–Crippen MR) is 158 cm³/mol. The number of methoxy groups -OCH3 is 5. The number of halogens is 1. The molecule has 44 heavy (non-hydrogen) atoms. The number of fused-ring (bicyclic) bond motifs is 1. The molecule has 0 heterocycles. The minimum Gasteiger partial charge on any atom is -0.496 e. The van der Waals surface area contributed by atoms with Crippen LogP contribution in [0.1, 0.15) is 11.7 Å². The molecule has 0 saturated carbocycles. The molecular weight excluding hydrogens is 597 g/mol. The molecule has 0 saturated heterocycles. The Morgan fingerprint density at radius 2 is 1.39 bits per heavy atom. The summed E-state index contributed by atoms with van der Waals surface area (Å²) in [5.74, 6) is -1.76. The van der Waals surface area contributed by atoms with Crippen molar-refractivity contribution in [3.05, 3.63) is 84.2 Å². The molecule has 1 unspecified atom stereocenters. The summed E-state index contributed by atoms with van der Waals surface area (Å²) in [6, 6.07) is 17.5. The lowest BCUT2D eigenvalue weighted by molar-refractivity contribution is -0.149. The van der Waals surface area contributed by atoms with E-state index in [2.05, 4.69) is 0 Å². The second kappa shape index (κ2) is 13.5. The summed E-state index contributed by atoms with van der Waals surface area (Å²) in [6.45, 7) is -0.707. The summed E-state index contributed by atoms with van der Waals surface area (Å²) in [5, 5.41) is 0.756. The van der Waals surface area contributed by atoms with Crippen molar-refractivity contribution in [1.29, 1.82) is 0 Å². The van der Waals surface area contributed by atoms with Crippen LogP contribution >= 0.6 is 0 Å². The quantitative estimate of drug-likeness (QED) is 0.205. The highest BCUT2D eigenvalue weighted by Gasteiger charge is 2.35. The van der Waals surface area contributed by atoms with Crippen LogP contribution in [0.3, 0.4) is 0 Å². The molecule has 0 N–H and O–H groups in total. The average Bonchev–Trinajstić information content (AvgIpc) is 3.05. The molecule has 1 atom stereocenters. The molecule has 0 fully saturated rings. The van der Waals surface area contributed by atoms with Gasteiger partial charge < -0.3 is 28.4 Å². The number of carbonyl (C=O) groups excluding carboxylic acids is 2. The van der Waals surface area contributed by atoms with E-state index in [0.29, 0.717) is 16.3 Å². The first-order valence-electron chi connectivity index (χ1n) is 13.0. The zero-order chi connectivity index (χ0) is 32.0. The van der Waals surface area contributed by atoms with Crippen molar-refractivity contribution in [2.45, 2.75) is 11.0 Å². The Hall–Kier alpha value is -5.04. The van der Waals surface area contributed by atoms with Crippen LogP contribution in [0.5, 0.6) is 23.0 Å². The molecule has 4 rings (SSSR count). The number of benzene rings is 4. The highest BCUT2D eigenvalue weighted by molar-refractivity contribution is 7.93. The number of sulfonamides is 1. The van der Waals surface area contributed by atoms with Gasteiger partial charge in [-0.1, -0.05) is 36.4 Å². The summed E-state index contributed by atoms with van der Waals surface area (Å²) in [5.41, 5.74) is 0.426. The predicted octanol–water partition coefficient (Wildman–Crippen LogP) is 4.67. The van der Waals surface area contributed by atoms with Crippen molar-refractivity contribution >= 4 is 38.4 Å². The van der Waals surface area contributed by atoms with Gasteiger partial charge in [-0.05, 0) is 24.3 Å². The van der Waals surface area contributed by atoms with Gasteiger partial charge in [0.25, 0.3) is 10.0 Å². The van der Waals surface area contributed by atoms with Crippen LogP contribution in [0.4, 0.5) is 10.1 Å². The number of anilines is 1. The molecule has 11 nitrogen and oxygen atoms in total. The van der Waals surface area contributed by atoms with Crippen LogP contribution in [0.2, 0.25) is 0 Å². The molecule has 4 aromatic carbocycles. The molecule has 0 aromatic heterocycles. The normalized spacial score (nSPS) is 11.8. The van der Waals surface area contributed by atoms with E-state index in [0.717, 1.165) is 11.4 Å². The van der Waals surface area contributed by atoms with E-state index in [-0.39, 0.29) is 33.6 Å². The largest absolute Gasteiger partial charge is 0.496 e. The number of esters is 2. The van der Waals surface area contributed by atoms with E-state index in [1.807, 2.05) is 0 Å². The fourth-order valence-corrected chi connectivity index (χ4v) is 6.23. The van der Waals surface area contributed by atoms with Crippen molar-refractivity contribution in [3.8, 4) is 23.0 Å². The fourth-order valence-electron chi connectivity index (χ4n) is 4.52. The zero-order valence-electron chi connectivity index (χ0n) is 24.5. The fraction of sp³-hybridized carbons (Fsp3) is 0.226. The SMILES string of the molecule is COC(=O)CN(c1ccc(OC(C(=O)OC)c2ccc(F)cc2)c2ccccc12)S(=O)(=O)c1c(OC)cc(OC)cc1OC. The lowest BCUT2D eigenvalue weighted by Gasteiger charge is -2.27. The molecule has 0 aliphatic carbocycles. The van der Waals surface area contributed by atoms with Crippen molar-refractivity contribution in [1.82, 2.24) is 0 Å². The van der Waals surface area contributed by atoms with Gasteiger partial charge in [-0.2, -0.15) is 0 Å². The van der Waals surface area contributed by atoms with Gasteiger partial charge in [0.15, 0.2) is 4.90 Å². The Balaban J connectivity index is 1.91. The van der Waals surface area contributed by atoms with E-state index < -0.39 is 40.4 Å². The van der Waals surface area contributed by atoms with Gasteiger partial charge in [0.05, 0.1) is 41.2 Å². The summed E-state index contributed by atoms with van der Waals surface area (Å²) >= 11 is 0. The summed E-state index contributed by atoms with van der Waals surface area (Å²) in [6.07, 6.45) is -1.27. The first-order chi connectivity index (χ1) is 21.1. The number of hydrogen-bond acceptors (Lipinski definition) is 10. The van der Waals surface area contributed by atoms with E-state index in [4.69, 9.17) is 28.4 Å². The topological polar surface area (TPSA) is 127 Å². The third-order valence-corrected chi connectivity index (χ3v) is 8.51. The van der Waals surface area contributed by atoms with E-state index in [9.17, 15) is 22.4 Å². The number of carbonyl (C=O) groups is 2. The Labute approximate surface area is 253 Å². The number of nitrogens with zero attached hydrogens (tertiary/aromatic N) is 1. The molecule has 0 aliphatic rings. The van der Waals surface area contributed by atoms with Crippen LogP contribution in [-0.2, 0) is 29.1 Å². The third kappa shape index (κ3) is 6.32. The number of rotatable bonds is 12. The lowest BCUT2D eigenvalue weighted by Crippen LogP contribution is -2.37. The van der Waals surface area contributed by atoms with Crippen molar-refractivity contribution in [3.63, 3.8) is 0 Å². The molecule has 13 heteroatoms. The lowest BCUT2D eigenvalue weighted by atomic mass is 10.1. The Morgan fingerprint density at radius 1 is 0.773 bits per heavy atom. The minimum absolute atomic E-state index is 0.0828. The minimum atomic E-state index is -4.59. The van der Waals surface area contributed by atoms with Gasteiger partial charge in [0.2, 0.25) is 6.10 Å². The van der Waals surface area contributed by atoms with Gasteiger partial charge in [-0.3, -0.25) is 9.10 Å². The van der Waals surface area contributed by atoms with Crippen molar-refractivity contribution in [2.75, 3.05) is 46.4 Å². The van der Waals surface area contributed by atoms with E-state index in [1.165, 1.54) is 77.0 Å². The Bertz CT molecular complexity index is 1750. The molecule has 4 aromatic rings. The first kappa shape index (κ1) is 31.9. The second-order valence-electron chi connectivity index (χ2n) is 9.15. The molecule has 0 bridgehead atoms. The Kier molecular flexibility index (Phi) is 9.79. The third-order valence-electron chi connectivity index (χ3n) is 6.68. The maximum absolute atomic E-state index is 14.4. The van der Waals surface area contributed by atoms with E-state index >= 15 is 0 Å². The highest BCUT2D eigenvalue weighted by atomic mass is 32.2.